The van der Waals surface area contributed by atoms with E-state index in [0.29, 0.717) is 6.42 Å². The second kappa shape index (κ2) is 6.26. The molecule has 0 unspecified atom stereocenters. The fraction of sp³-hybridized carbons (Fsp3) is 0.273. The summed E-state index contributed by atoms with van der Waals surface area (Å²) in [6, 6.07) is 8.51. The third kappa shape index (κ3) is 4.01. The summed E-state index contributed by atoms with van der Waals surface area (Å²) in [5.41, 5.74) is 6.58. The van der Waals surface area contributed by atoms with E-state index in [1.54, 1.807) is 6.07 Å². The number of carbonyl (C=O) groups is 1. The molecule has 0 bridgehead atoms. The van der Waals surface area contributed by atoms with Gasteiger partial charge < -0.3 is 10.5 Å². The van der Waals surface area contributed by atoms with Crippen LogP contribution in [0, 0.1) is 11.3 Å². The van der Waals surface area contributed by atoms with E-state index in [2.05, 4.69) is 20.7 Å². The van der Waals surface area contributed by atoms with Gasteiger partial charge in [-0.3, -0.25) is 4.79 Å². The van der Waals surface area contributed by atoms with E-state index in [0.717, 1.165) is 10.0 Å². The van der Waals surface area contributed by atoms with Gasteiger partial charge in [0, 0.05) is 4.47 Å². The summed E-state index contributed by atoms with van der Waals surface area (Å²) in [5, 5.41) is 8.25. The lowest BCUT2D eigenvalue weighted by Gasteiger charge is -2.09. The summed E-state index contributed by atoms with van der Waals surface area (Å²) in [6.07, 6.45) is 0.393. The summed E-state index contributed by atoms with van der Waals surface area (Å²) in [6.45, 7) is -0.259. The minimum Gasteiger partial charge on any atom is -0.449 e. The summed E-state index contributed by atoms with van der Waals surface area (Å²) in [5.74, 6) is -0.554. The Labute approximate surface area is 102 Å². The lowest BCUT2D eigenvalue weighted by molar-refractivity contribution is -0.143. The zero-order valence-corrected chi connectivity index (χ0v) is 10.1. The number of ether oxygens (including phenoxy) is 1. The van der Waals surface area contributed by atoms with Crippen molar-refractivity contribution in [1.82, 2.24) is 0 Å². The van der Waals surface area contributed by atoms with Crippen LogP contribution in [0.1, 0.15) is 5.56 Å². The maximum atomic E-state index is 11.3. The van der Waals surface area contributed by atoms with E-state index in [4.69, 9.17) is 11.0 Å². The average Bonchev–Trinajstić information content (AvgIpc) is 2.25. The Hall–Kier alpha value is -1.38. The smallest absolute Gasteiger partial charge is 0.324 e. The van der Waals surface area contributed by atoms with E-state index in [1.807, 2.05) is 24.3 Å². The van der Waals surface area contributed by atoms with Crippen molar-refractivity contribution in [2.45, 2.75) is 12.5 Å². The van der Waals surface area contributed by atoms with Gasteiger partial charge in [-0.05, 0) is 24.1 Å². The van der Waals surface area contributed by atoms with Crippen LogP contribution in [0.2, 0.25) is 0 Å². The molecule has 0 aliphatic carbocycles. The van der Waals surface area contributed by atoms with Crippen molar-refractivity contribution in [2.24, 2.45) is 5.73 Å². The van der Waals surface area contributed by atoms with E-state index in [9.17, 15) is 4.79 Å². The van der Waals surface area contributed by atoms with Gasteiger partial charge in [0.15, 0.2) is 6.61 Å². The molecule has 0 aromatic heterocycles. The first-order chi connectivity index (χ1) is 7.63. The maximum absolute atomic E-state index is 11.3. The molecule has 1 rings (SSSR count). The van der Waals surface area contributed by atoms with Gasteiger partial charge in [0.25, 0.3) is 0 Å². The van der Waals surface area contributed by atoms with Crippen molar-refractivity contribution in [3.05, 3.63) is 34.3 Å². The standard InChI is InChI=1S/C11H11BrN2O2/c12-9-3-1-2-8(6-9)7-10(14)11(15)16-5-4-13/h1-3,6,10H,5,7,14H2/t10-/m0/s1. The van der Waals surface area contributed by atoms with Crippen molar-refractivity contribution >= 4 is 21.9 Å². The van der Waals surface area contributed by atoms with Gasteiger partial charge in [-0.15, -0.1) is 0 Å². The van der Waals surface area contributed by atoms with Crippen LogP contribution in [0.25, 0.3) is 0 Å². The number of nitriles is 1. The van der Waals surface area contributed by atoms with Crippen LogP contribution in [0.3, 0.4) is 0 Å². The number of hydrogen-bond acceptors (Lipinski definition) is 4. The van der Waals surface area contributed by atoms with Gasteiger partial charge in [-0.2, -0.15) is 5.26 Å². The fourth-order valence-corrected chi connectivity index (χ4v) is 1.66. The topological polar surface area (TPSA) is 76.1 Å². The van der Waals surface area contributed by atoms with Crippen molar-refractivity contribution in [3.63, 3.8) is 0 Å². The molecule has 0 saturated heterocycles. The van der Waals surface area contributed by atoms with Crippen LogP contribution < -0.4 is 5.73 Å². The Balaban J connectivity index is 2.54. The highest BCUT2D eigenvalue weighted by molar-refractivity contribution is 9.10. The number of benzene rings is 1. The number of halogens is 1. The third-order valence-corrected chi connectivity index (χ3v) is 2.42. The van der Waals surface area contributed by atoms with Crippen LogP contribution >= 0.6 is 15.9 Å². The highest BCUT2D eigenvalue weighted by Gasteiger charge is 2.15. The van der Waals surface area contributed by atoms with Gasteiger partial charge >= 0.3 is 5.97 Å². The van der Waals surface area contributed by atoms with Gasteiger partial charge in [-0.25, -0.2) is 0 Å². The molecule has 1 aromatic rings. The summed E-state index contributed by atoms with van der Waals surface area (Å²) >= 11 is 3.33. The summed E-state index contributed by atoms with van der Waals surface area (Å²) in [7, 11) is 0. The van der Waals surface area contributed by atoms with E-state index >= 15 is 0 Å². The predicted molar refractivity (Wildman–Crippen MR) is 62.4 cm³/mol. The summed E-state index contributed by atoms with van der Waals surface area (Å²) in [4.78, 5) is 11.3. The van der Waals surface area contributed by atoms with Crippen molar-refractivity contribution in [3.8, 4) is 6.07 Å². The van der Waals surface area contributed by atoms with Gasteiger partial charge in [0.1, 0.15) is 12.1 Å². The quantitative estimate of drug-likeness (QED) is 0.847. The molecule has 1 atom stereocenters. The number of hydrogen-bond donors (Lipinski definition) is 1. The maximum Gasteiger partial charge on any atom is 0.324 e. The molecule has 0 saturated carbocycles. The first-order valence-electron chi connectivity index (χ1n) is 4.67. The molecular formula is C11H11BrN2O2. The first kappa shape index (κ1) is 12.7. The van der Waals surface area contributed by atoms with Crippen LogP contribution in [0.15, 0.2) is 28.7 Å². The fourth-order valence-electron chi connectivity index (χ4n) is 1.21. The molecule has 0 heterocycles. The zero-order chi connectivity index (χ0) is 12.0. The Bertz CT molecular complexity index is 415. The second-order valence-electron chi connectivity index (χ2n) is 3.21. The Morgan fingerprint density at radius 1 is 1.62 bits per heavy atom. The number of esters is 1. The monoisotopic (exact) mass is 282 g/mol. The highest BCUT2D eigenvalue weighted by Crippen LogP contribution is 2.12. The van der Waals surface area contributed by atoms with Gasteiger partial charge in [-0.1, -0.05) is 28.1 Å². The minimum atomic E-state index is -0.734. The molecule has 4 nitrogen and oxygen atoms in total. The lowest BCUT2D eigenvalue weighted by Crippen LogP contribution is -2.34. The molecule has 2 N–H and O–H groups in total. The largest absolute Gasteiger partial charge is 0.449 e. The normalized spacial score (nSPS) is 11.6. The number of rotatable bonds is 4. The lowest BCUT2D eigenvalue weighted by atomic mass is 10.1. The van der Waals surface area contributed by atoms with Crippen LogP contribution in [-0.2, 0) is 16.0 Å². The molecule has 0 fully saturated rings. The number of nitrogens with zero attached hydrogens (tertiary/aromatic N) is 1. The molecule has 84 valence electrons. The molecule has 0 aliphatic heterocycles. The highest BCUT2D eigenvalue weighted by atomic mass is 79.9. The Morgan fingerprint density at radius 2 is 2.38 bits per heavy atom. The molecule has 1 aromatic carbocycles. The molecule has 0 spiro atoms. The zero-order valence-electron chi connectivity index (χ0n) is 8.52. The first-order valence-corrected chi connectivity index (χ1v) is 5.46. The van der Waals surface area contributed by atoms with Gasteiger partial charge in [0.05, 0.1) is 0 Å². The number of carbonyl (C=O) groups excluding carboxylic acids is 1. The van der Waals surface area contributed by atoms with E-state index in [-0.39, 0.29) is 6.61 Å². The minimum absolute atomic E-state index is 0.259. The van der Waals surface area contributed by atoms with E-state index < -0.39 is 12.0 Å². The van der Waals surface area contributed by atoms with Crippen molar-refractivity contribution in [1.29, 1.82) is 5.26 Å². The summed E-state index contributed by atoms with van der Waals surface area (Å²) < 4.78 is 5.55. The van der Waals surface area contributed by atoms with Crippen LogP contribution in [0.4, 0.5) is 0 Å². The predicted octanol–water partition coefficient (Wildman–Crippen LogP) is 1.39. The second-order valence-corrected chi connectivity index (χ2v) is 4.12. The Kier molecular flexibility index (Phi) is 4.96. The van der Waals surface area contributed by atoms with E-state index in [1.165, 1.54) is 0 Å². The average molecular weight is 283 g/mol. The molecule has 16 heavy (non-hydrogen) atoms. The molecule has 0 aliphatic rings. The van der Waals surface area contributed by atoms with Gasteiger partial charge in [0.2, 0.25) is 0 Å². The SMILES string of the molecule is N#CCOC(=O)[C@@H](N)Cc1cccc(Br)c1. The molecule has 5 heteroatoms. The van der Waals surface area contributed by atoms with Crippen molar-refractivity contribution < 1.29 is 9.53 Å². The van der Waals surface area contributed by atoms with Crippen molar-refractivity contribution in [2.75, 3.05) is 6.61 Å². The number of nitrogens with two attached hydrogens (primary N) is 1. The third-order valence-electron chi connectivity index (χ3n) is 1.93. The molecule has 0 radical (unpaired) electrons. The molecular weight excluding hydrogens is 272 g/mol. The molecule has 0 amide bonds. The Morgan fingerprint density at radius 3 is 3.00 bits per heavy atom. The van der Waals surface area contributed by atoms with Crippen LogP contribution in [-0.4, -0.2) is 18.6 Å². The van der Waals surface area contributed by atoms with Crippen LogP contribution in [0.5, 0.6) is 0 Å².